The SMILES string of the molecule is O=C1c2ccccc2C(=O)N1CCCCN1CCN(c2ncc(-c3c(F)cccc3Cl)cn2)CC1. The predicted molar refractivity (Wildman–Crippen MR) is 132 cm³/mol. The third-order valence-electron chi connectivity index (χ3n) is 6.53. The van der Waals surface area contributed by atoms with Crippen molar-refractivity contribution < 1.29 is 14.0 Å². The van der Waals surface area contributed by atoms with Crippen LogP contribution in [0.15, 0.2) is 54.9 Å². The number of anilines is 1. The molecule has 1 aromatic heterocycles. The number of piperazine rings is 1. The molecular weight excluding hydrogens is 469 g/mol. The molecule has 2 aliphatic heterocycles. The van der Waals surface area contributed by atoms with Crippen molar-refractivity contribution in [1.82, 2.24) is 19.8 Å². The van der Waals surface area contributed by atoms with E-state index in [0.29, 0.717) is 39.8 Å². The van der Waals surface area contributed by atoms with Crippen molar-refractivity contribution in [2.24, 2.45) is 0 Å². The molecule has 2 amide bonds. The third-order valence-corrected chi connectivity index (χ3v) is 6.84. The highest BCUT2D eigenvalue weighted by atomic mass is 35.5. The molecule has 0 bridgehead atoms. The number of benzene rings is 2. The van der Waals surface area contributed by atoms with Gasteiger partial charge in [-0.1, -0.05) is 29.8 Å². The number of nitrogens with zero attached hydrogens (tertiary/aromatic N) is 5. The van der Waals surface area contributed by atoms with Crippen molar-refractivity contribution in [3.63, 3.8) is 0 Å². The largest absolute Gasteiger partial charge is 0.338 e. The number of hydrogen-bond donors (Lipinski definition) is 0. The van der Waals surface area contributed by atoms with E-state index < -0.39 is 5.82 Å². The van der Waals surface area contributed by atoms with Crippen LogP contribution in [0.4, 0.5) is 10.3 Å². The van der Waals surface area contributed by atoms with Gasteiger partial charge < -0.3 is 4.90 Å². The quantitative estimate of drug-likeness (QED) is 0.364. The van der Waals surface area contributed by atoms with Gasteiger partial charge in [0.1, 0.15) is 5.82 Å². The smallest absolute Gasteiger partial charge is 0.261 e. The number of amides is 2. The minimum atomic E-state index is -0.398. The summed E-state index contributed by atoms with van der Waals surface area (Å²) in [5.74, 6) is -0.165. The molecule has 0 radical (unpaired) electrons. The molecule has 7 nitrogen and oxygen atoms in total. The molecule has 0 N–H and O–H groups in total. The highest BCUT2D eigenvalue weighted by Gasteiger charge is 2.34. The van der Waals surface area contributed by atoms with Crippen LogP contribution in [0, 0.1) is 5.82 Å². The fraction of sp³-hybridized carbons (Fsp3) is 0.308. The van der Waals surface area contributed by atoms with Crippen LogP contribution in [0.2, 0.25) is 5.02 Å². The number of hydrogen-bond acceptors (Lipinski definition) is 6. The topological polar surface area (TPSA) is 69.6 Å². The highest BCUT2D eigenvalue weighted by molar-refractivity contribution is 6.33. The zero-order chi connectivity index (χ0) is 24.4. The average Bonchev–Trinajstić information content (AvgIpc) is 3.12. The van der Waals surface area contributed by atoms with Crippen LogP contribution in [0.3, 0.4) is 0 Å². The van der Waals surface area contributed by atoms with Gasteiger partial charge in [-0.2, -0.15) is 0 Å². The average molecular weight is 494 g/mol. The lowest BCUT2D eigenvalue weighted by atomic mass is 10.1. The molecule has 1 saturated heterocycles. The van der Waals surface area contributed by atoms with E-state index in [2.05, 4.69) is 19.8 Å². The maximum Gasteiger partial charge on any atom is 0.261 e. The number of carbonyl (C=O) groups is 2. The monoisotopic (exact) mass is 493 g/mol. The molecule has 2 aromatic carbocycles. The third kappa shape index (κ3) is 4.76. The van der Waals surface area contributed by atoms with Gasteiger partial charge in [0.05, 0.1) is 16.1 Å². The molecule has 0 aliphatic carbocycles. The molecule has 0 spiro atoms. The number of imide groups is 1. The molecule has 0 atom stereocenters. The number of aromatic nitrogens is 2. The molecule has 3 heterocycles. The van der Waals surface area contributed by atoms with Crippen LogP contribution in [-0.2, 0) is 0 Å². The van der Waals surface area contributed by atoms with Crippen molar-refractivity contribution in [3.05, 3.63) is 76.8 Å². The van der Waals surface area contributed by atoms with Crippen LogP contribution >= 0.6 is 11.6 Å². The van der Waals surface area contributed by atoms with E-state index >= 15 is 0 Å². The molecule has 9 heteroatoms. The molecule has 0 saturated carbocycles. The van der Waals surface area contributed by atoms with Gasteiger partial charge in [-0.05, 0) is 43.7 Å². The Morgan fingerprint density at radius 2 is 1.46 bits per heavy atom. The fourth-order valence-corrected chi connectivity index (χ4v) is 4.88. The van der Waals surface area contributed by atoms with Gasteiger partial charge in [-0.3, -0.25) is 19.4 Å². The second-order valence-electron chi connectivity index (χ2n) is 8.71. The molecule has 0 unspecified atom stereocenters. The minimum absolute atomic E-state index is 0.192. The van der Waals surface area contributed by atoms with E-state index in [0.717, 1.165) is 45.6 Å². The van der Waals surface area contributed by atoms with Crippen molar-refractivity contribution in [3.8, 4) is 11.1 Å². The summed E-state index contributed by atoms with van der Waals surface area (Å²) >= 11 is 6.15. The molecular formula is C26H25ClFN5O2. The lowest BCUT2D eigenvalue weighted by molar-refractivity contribution is 0.0650. The predicted octanol–water partition coefficient (Wildman–Crippen LogP) is 4.13. The summed E-state index contributed by atoms with van der Waals surface area (Å²) < 4.78 is 14.2. The van der Waals surface area contributed by atoms with Crippen LogP contribution in [0.25, 0.3) is 11.1 Å². The number of unbranched alkanes of at least 4 members (excludes halogenated alkanes) is 1. The van der Waals surface area contributed by atoms with E-state index in [1.54, 1.807) is 48.8 Å². The lowest BCUT2D eigenvalue weighted by Gasteiger charge is -2.34. The maximum absolute atomic E-state index is 14.2. The zero-order valence-corrected chi connectivity index (χ0v) is 19.9. The first-order valence-electron chi connectivity index (χ1n) is 11.7. The molecule has 35 heavy (non-hydrogen) atoms. The van der Waals surface area contributed by atoms with Gasteiger partial charge in [-0.15, -0.1) is 0 Å². The molecule has 2 aliphatic rings. The number of halogens is 2. The van der Waals surface area contributed by atoms with Crippen LogP contribution in [0.5, 0.6) is 0 Å². The summed E-state index contributed by atoms with van der Waals surface area (Å²) in [6.45, 7) is 4.67. The second kappa shape index (κ2) is 10.1. The van der Waals surface area contributed by atoms with Crippen LogP contribution in [-0.4, -0.2) is 70.9 Å². The summed E-state index contributed by atoms with van der Waals surface area (Å²) in [6, 6.07) is 11.6. The van der Waals surface area contributed by atoms with Gasteiger partial charge in [0, 0.05) is 56.2 Å². The summed E-state index contributed by atoms with van der Waals surface area (Å²) in [5.41, 5.74) is 1.86. The van der Waals surface area contributed by atoms with E-state index in [1.807, 2.05) is 0 Å². The maximum atomic E-state index is 14.2. The summed E-state index contributed by atoms with van der Waals surface area (Å²) in [7, 11) is 0. The van der Waals surface area contributed by atoms with E-state index in [-0.39, 0.29) is 11.8 Å². The highest BCUT2D eigenvalue weighted by Crippen LogP contribution is 2.30. The number of fused-ring (bicyclic) bond motifs is 1. The van der Waals surface area contributed by atoms with Crippen molar-refractivity contribution >= 4 is 29.4 Å². The lowest BCUT2D eigenvalue weighted by Crippen LogP contribution is -2.47. The number of rotatable bonds is 7. The first kappa shape index (κ1) is 23.4. The number of carbonyl (C=O) groups excluding carboxylic acids is 2. The van der Waals surface area contributed by atoms with Gasteiger partial charge >= 0.3 is 0 Å². The Hall–Kier alpha value is -3.36. The molecule has 1 fully saturated rings. The Kier molecular flexibility index (Phi) is 6.74. The molecule has 5 rings (SSSR count). The summed E-state index contributed by atoms with van der Waals surface area (Å²) in [5, 5.41) is 0.331. The van der Waals surface area contributed by atoms with E-state index in [1.165, 1.54) is 11.0 Å². The van der Waals surface area contributed by atoms with Gasteiger partial charge in [0.2, 0.25) is 5.95 Å². The van der Waals surface area contributed by atoms with Crippen LogP contribution in [0.1, 0.15) is 33.6 Å². The van der Waals surface area contributed by atoms with E-state index in [9.17, 15) is 14.0 Å². The van der Waals surface area contributed by atoms with Gasteiger partial charge in [0.25, 0.3) is 11.8 Å². The Morgan fingerprint density at radius 1 is 0.829 bits per heavy atom. The second-order valence-corrected chi connectivity index (χ2v) is 9.12. The normalized spacial score (nSPS) is 16.2. The zero-order valence-electron chi connectivity index (χ0n) is 19.2. The minimum Gasteiger partial charge on any atom is -0.338 e. The van der Waals surface area contributed by atoms with Gasteiger partial charge in [0.15, 0.2) is 0 Å². The van der Waals surface area contributed by atoms with Crippen molar-refractivity contribution in [1.29, 1.82) is 0 Å². The Labute approximate surface area is 208 Å². The summed E-state index contributed by atoms with van der Waals surface area (Å²) in [6.07, 6.45) is 4.90. The molecule has 3 aromatic rings. The Bertz CT molecular complexity index is 1190. The first-order chi connectivity index (χ1) is 17.0. The van der Waals surface area contributed by atoms with Gasteiger partial charge in [-0.25, -0.2) is 14.4 Å². The standard InChI is InChI=1S/C26H25ClFN5O2/c27-21-8-5-9-22(28)23(21)18-16-29-26(30-17-18)32-14-12-31(13-15-32)10-3-4-11-33-24(34)19-6-1-2-7-20(19)25(33)35/h1-2,5-9,16-17H,3-4,10-15H2. The van der Waals surface area contributed by atoms with Crippen molar-refractivity contribution in [2.75, 3.05) is 44.2 Å². The first-order valence-corrected chi connectivity index (χ1v) is 12.1. The fourth-order valence-electron chi connectivity index (χ4n) is 4.61. The van der Waals surface area contributed by atoms with E-state index in [4.69, 9.17) is 11.6 Å². The Balaban J connectivity index is 1.08. The van der Waals surface area contributed by atoms with Crippen molar-refractivity contribution in [2.45, 2.75) is 12.8 Å². The summed E-state index contributed by atoms with van der Waals surface area (Å²) in [4.78, 5) is 39.6. The Morgan fingerprint density at radius 3 is 2.09 bits per heavy atom. The molecule has 180 valence electrons. The van der Waals surface area contributed by atoms with Crippen LogP contribution < -0.4 is 4.90 Å².